The van der Waals surface area contributed by atoms with Gasteiger partial charge in [-0.2, -0.15) is 0 Å². The molecule has 0 bridgehead atoms. The molecule has 1 fully saturated rings. The molecule has 1 aromatic rings. The number of primary sulfonamides is 1. The fraction of sp³-hybridized carbons (Fsp3) is 0.462. The molecule has 0 atom stereocenters. The van der Waals surface area contributed by atoms with Gasteiger partial charge < -0.3 is 5.32 Å². The summed E-state index contributed by atoms with van der Waals surface area (Å²) in [6.07, 6.45) is 4.53. The van der Waals surface area contributed by atoms with Gasteiger partial charge in [0.15, 0.2) is 5.82 Å². The molecule has 0 saturated heterocycles. The summed E-state index contributed by atoms with van der Waals surface area (Å²) in [5.41, 5.74) is -0.649. The number of carbonyl (C=O) groups is 1. The van der Waals surface area contributed by atoms with E-state index < -0.39 is 38.0 Å². The fourth-order valence-corrected chi connectivity index (χ4v) is 3.08. The van der Waals surface area contributed by atoms with Crippen molar-refractivity contribution in [2.75, 3.05) is 0 Å². The lowest BCUT2D eigenvalue weighted by Crippen LogP contribution is -2.37. The number of nitrogens with one attached hydrogen (secondary N) is 1. The van der Waals surface area contributed by atoms with Crippen LogP contribution in [0, 0.1) is 11.6 Å². The van der Waals surface area contributed by atoms with Crippen LogP contribution < -0.4 is 10.5 Å². The van der Waals surface area contributed by atoms with E-state index in [9.17, 15) is 22.0 Å². The molecule has 3 N–H and O–H groups in total. The summed E-state index contributed by atoms with van der Waals surface area (Å²) in [4.78, 5) is 11.0. The van der Waals surface area contributed by atoms with Crippen LogP contribution in [0.4, 0.5) is 8.78 Å². The predicted molar refractivity (Wildman–Crippen MR) is 72.1 cm³/mol. The zero-order chi connectivity index (χ0) is 15.6. The molecule has 5 nitrogen and oxygen atoms in total. The minimum Gasteiger partial charge on any atom is -0.349 e. The van der Waals surface area contributed by atoms with Gasteiger partial charge in [-0.3, -0.25) is 4.79 Å². The second kappa shape index (κ2) is 6.07. The number of sulfonamides is 1. The van der Waals surface area contributed by atoms with Crippen molar-refractivity contribution in [3.8, 4) is 0 Å². The Morgan fingerprint density at radius 1 is 1.19 bits per heavy atom. The first-order valence-electron chi connectivity index (χ1n) is 6.62. The molecule has 116 valence electrons. The number of nitrogens with two attached hydrogens (primary N) is 1. The molecule has 1 aliphatic rings. The van der Waals surface area contributed by atoms with Crippen molar-refractivity contribution in [2.45, 2.75) is 43.0 Å². The van der Waals surface area contributed by atoms with Gasteiger partial charge in [0.25, 0.3) is 5.91 Å². The lowest BCUT2D eigenvalue weighted by atomic mass is 9.95. The summed E-state index contributed by atoms with van der Waals surface area (Å²) in [5.74, 6) is -3.19. The van der Waals surface area contributed by atoms with Crippen LogP contribution in [0.3, 0.4) is 0 Å². The smallest absolute Gasteiger partial charge is 0.254 e. The molecule has 0 aliphatic heterocycles. The maximum absolute atomic E-state index is 14.1. The first-order valence-corrected chi connectivity index (χ1v) is 8.16. The van der Waals surface area contributed by atoms with Crippen LogP contribution in [-0.4, -0.2) is 20.4 Å². The third kappa shape index (κ3) is 3.76. The van der Waals surface area contributed by atoms with Gasteiger partial charge in [-0.25, -0.2) is 22.3 Å². The molecule has 0 spiro atoms. The largest absolute Gasteiger partial charge is 0.349 e. The number of carbonyl (C=O) groups excluding carboxylic acids is 1. The van der Waals surface area contributed by atoms with Crippen molar-refractivity contribution in [1.29, 1.82) is 0 Å². The van der Waals surface area contributed by atoms with Gasteiger partial charge in [0.2, 0.25) is 10.0 Å². The highest BCUT2D eigenvalue weighted by atomic mass is 32.2. The summed E-state index contributed by atoms with van der Waals surface area (Å²) < 4.78 is 49.9. The van der Waals surface area contributed by atoms with Crippen LogP contribution in [-0.2, 0) is 10.0 Å². The lowest BCUT2D eigenvalue weighted by Gasteiger charge is -2.23. The monoisotopic (exact) mass is 318 g/mol. The molecule has 0 unspecified atom stereocenters. The minimum atomic E-state index is -4.44. The van der Waals surface area contributed by atoms with Crippen LogP contribution in [0.15, 0.2) is 17.0 Å². The fourth-order valence-electron chi connectivity index (χ4n) is 2.45. The van der Waals surface area contributed by atoms with Crippen molar-refractivity contribution in [1.82, 2.24) is 5.32 Å². The van der Waals surface area contributed by atoms with E-state index in [1.165, 1.54) is 0 Å². The average Bonchev–Trinajstić information content (AvgIpc) is 2.40. The van der Waals surface area contributed by atoms with Gasteiger partial charge in [-0.15, -0.1) is 0 Å². The molecule has 0 radical (unpaired) electrons. The van der Waals surface area contributed by atoms with E-state index in [1.54, 1.807) is 0 Å². The van der Waals surface area contributed by atoms with Gasteiger partial charge in [0.1, 0.15) is 10.7 Å². The number of benzene rings is 1. The summed E-state index contributed by atoms with van der Waals surface area (Å²) >= 11 is 0. The predicted octanol–water partition coefficient (Wildman–Crippen LogP) is 1.67. The van der Waals surface area contributed by atoms with E-state index in [0.29, 0.717) is 12.1 Å². The van der Waals surface area contributed by atoms with Gasteiger partial charge in [0, 0.05) is 6.04 Å². The second-order valence-electron chi connectivity index (χ2n) is 5.12. The molecular weight excluding hydrogens is 302 g/mol. The van der Waals surface area contributed by atoms with Crippen molar-refractivity contribution in [3.05, 3.63) is 29.3 Å². The highest BCUT2D eigenvalue weighted by Gasteiger charge is 2.25. The highest BCUT2D eigenvalue weighted by Crippen LogP contribution is 2.21. The SMILES string of the molecule is NS(=O)(=O)c1cc(F)cc(C(=O)NC2CCCCC2)c1F. The van der Waals surface area contributed by atoms with Crippen LogP contribution in [0.2, 0.25) is 0 Å². The number of halogens is 2. The Kier molecular flexibility index (Phi) is 4.58. The van der Waals surface area contributed by atoms with Gasteiger partial charge in [0.05, 0.1) is 5.56 Å². The molecule has 1 amide bonds. The van der Waals surface area contributed by atoms with Crippen molar-refractivity contribution >= 4 is 15.9 Å². The lowest BCUT2D eigenvalue weighted by molar-refractivity contribution is 0.0922. The van der Waals surface area contributed by atoms with Gasteiger partial charge in [-0.1, -0.05) is 19.3 Å². The van der Waals surface area contributed by atoms with E-state index in [0.717, 1.165) is 32.1 Å². The van der Waals surface area contributed by atoms with Gasteiger partial charge in [-0.05, 0) is 25.0 Å². The second-order valence-corrected chi connectivity index (χ2v) is 6.65. The number of hydrogen-bond donors (Lipinski definition) is 2. The Morgan fingerprint density at radius 3 is 2.38 bits per heavy atom. The third-order valence-corrected chi connectivity index (χ3v) is 4.41. The van der Waals surface area contributed by atoms with E-state index >= 15 is 0 Å². The molecule has 1 saturated carbocycles. The standard InChI is InChI=1S/C13H16F2N2O3S/c14-8-6-10(12(15)11(7-8)21(16,19)20)13(18)17-9-4-2-1-3-5-9/h6-7,9H,1-5H2,(H,17,18)(H2,16,19,20). The molecular formula is C13H16F2N2O3S. The van der Waals surface area contributed by atoms with Crippen LogP contribution in [0.1, 0.15) is 42.5 Å². The maximum atomic E-state index is 14.1. The van der Waals surface area contributed by atoms with Crippen molar-refractivity contribution < 1.29 is 22.0 Å². The summed E-state index contributed by atoms with van der Waals surface area (Å²) in [5, 5.41) is 7.41. The number of rotatable bonds is 3. The van der Waals surface area contributed by atoms with Crippen molar-refractivity contribution in [3.63, 3.8) is 0 Å². The molecule has 1 aromatic carbocycles. The Morgan fingerprint density at radius 2 is 1.81 bits per heavy atom. The van der Waals surface area contributed by atoms with Crippen molar-refractivity contribution in [2.24, 2.45) is 5.14 Å². The summed E-state index contributed by atoms with van der Waals surface area (Å²) in [6, 6.07) is 1.02. The third-order valence-electron chi connectivity index (χ3n) is 3.50. The van der Waals surface area contributed by atoms with E-state index in [1.807, 2.05) is 0 Å². The molecule has 0 aromatic heterocycles. The first-order chi connectivity index (χ1) is 9.79. The van der Waals surface area contributed by atoms with Crippen LogP contribution in [0.5, 0.6) is 0 Å². The Balaban J connectivity index is 2.30. The average molecular weight is 318 g/mol. The molecule has 2 rings (SSSR count). The topological polar surface area (TPSA) is 89.3 Å². The molecule has 1 aliphatic carbocycles. The van der Waals surface area contributed by atoms with Crippen LogP contribution >= 0.6 is 0 Å². The van der Waals surface area contributed by atoms with E-state index in [-0.39, 0.29) is 6.04 Å². The molecule has 0 heterocycles. The Bertz CT molecular complexity index is 656. The quantitative estimate of drug-likeness (QED) is 0.888. The highest BCUT2D eigenvalue weighted by molar-refractivity contribution is 7.89. The zero-order valence-electron chi connectivity index (χ0n) is 11.2. The molecule has 8 heteroatoms. The van der Waals surface area contributed by atoms with Gasteiger partial charge >= 0.3 is 0 Å². The summed E-state index contributed by atoms with van der Waals surface area (Å²) in [6.45, 7) is 0. The Hall–Kier alpha value is -1.54. The van der Waals surface area contributed by atoms with Crippen LogP contribution in [0.25, 0.3) is 0 Å². The molecule has 21 heavy (non-hydrogen) atoms. The van der Waals surface area contributed by atoms with E-state index in [4.69, 9.17) is 5.14 Å². The normalized spacial score (nSPS) is 16.7. The van der Waals surface area contributed by atoms with E-state index in [2.05, 4.69) is 5.32 Å². The summed E-state index contributed by atoms with van der Waals surface area (Å²) in [7, 11) is -4.44. The number of hydrogen-bond acceptors (Lipinski definition) is 3. The first kappa shape index (κ1) is 15.8. The zero-order valence-corrected chi connectivity index (χ0v) is 12.1. The number of amides is 1. The maximum Gasteiger partial charge on any atom is 0.254 e. The minimum absolute atomic E-state index is 0.105. The Labute approximate surface area is 121 Å².